The molecule has 5 heteroatoms. The first-order chi connectivity index (χ1) is 0. The van der Waals surface area contributed by atoms with Crippen LogP contribution in [-0.4, -0.2) is 8.41 Å². The molecule has 0 saturated heterocycles. The van der Waals surface area contributed by atoms with Gasteiger partial charge in [-0.25, -0.2) is 0 Å². The molecule has 0 aliphatic rings. The summed E-state index contributed by atoms with van der Waals surface area (Å²) >= 11 is 0. The maximum atomic E-state index is 0. The van der Waals surface area contributed by atoms with E-state index < -0.39 is 0 Å². The minimum Gasteiger partial charge on any atom is -1.00 e. The second-order valence-electron chi connectivity index (χ2n) is 0. The summed E-state index contributed by atoms with van der Waals surface area (Å²) in [7, 11) is 0. The van der Waals surface area contributed by atoms with Gasteiger partial charge in [-0.05, 0) is 0 Å². The van der Waals surface area contributed by atoms with Crippen molar-refractivity contribution >= 4 is 8.41 Å². The molecule has 0 aliphatic heterocycles. The molecule has 0 fully saturated rings. The molecule has 0 aromatic carbocycles. The number of halogens is 1. The third-order valence-corrected chi connectivity index (χ3v) is 0. The van der Waals surface area contributed by atoms with Crippen LogP contribution in [0.15, 0.2) is 0 Å². The quantitative estimate of drug-likeness (QED) is 0.367. The molecule has 0 atom stereocenters. The molecule has 0 rings (SSSR count). The molecule has 0 saturated carbocycles. The molecule has 0 aromatic heterocycles. The predicted molar refractivity (Wildman–Crippen MR) is 11.3 cm³/mol. The van der Waals surface area contributed by atoms with Crippen molar-refractivity contribution in [3.63, 3.8) is 0 Å². The van der Waals surface area contributed by atoms with Crippen molar-refractivity contribution in [3.05, 3.63) is 0 Å². The second kappa shape index (κ2) is 25.2. The Morgan fingerprint density at radius 2 is 0.800 bits per heavy atom. The van der Waals surface area contributed by atoms with Gasteiger partial charge in [0.2, 0.25) is 0 Å². The first kappa shape index (κ1) is 37.5. The maximum absolute atomic E-state index is 0. The van der Waals surface area contributed by atoms with Gasteiger partial charge in [-0.2, -0.15) is 0 Å². The average molecular weight is 236 g/mol. The Hall–Kier alpha value is 3.73. The third-order valence-electron chi connectivity index (χ3n) is 0. The fourth-order valence-corrected chi connectivity index (χ4v) is 0. The van der Waals surface area contributed by atoms with Crippen molar-refractivity contribution in [2.45, 2.75) is 0 Å². The molecule has 0 aliphatic carbocycles. The Kier molecular flexibility index (Phi) is 189. The number of hydrogen-bond acceptors (Lipinski definition) is 0. The maximum Gasteiger partial charge on any atom is 1.00 e. The van der Waals surface area contributed by atoms with Crippen LogP contribution in [0.1, 0.15) is 0 Å². The smallest absolute Gasteiger partial charge is 1.00 e. The minimum atomic E-state index is 0. The van der Waals surface area contributed by atoms with Gasteiger partial charge in [0, 0.05) is 41.7 Å². The van der Waals surface area contributed by atoms with E-state index in [2.05, 4.69) is 0 Å². The summed E-state index contributed by atoms with van der Waals surface area (Å²) in [5, 5.41) is 0. The van der Waals surface area contributed by atoms with E-state index in [0.29, 0.717) is 0 Å². The van der Waals surface area contributed by atoms with Crippen molar-refractivity contribution in [1.82, 2.24) is 0 Å². The number of hydrogen-bond donors (Lipinski definition) is 0. The van der Waals surface area contributed by atoms with Crippen LogP contribution in [0, 0.1) is 41.7 Å². The average Bonchev–Trinajstić information content (AvgIpc) is 0. The van der Waals surface area contributed by atoms with Crippen molar-refractivity contribution in [2.75, 3.05) is 0 Å². The summed E-state index contributed by atoms with van der Waals surface area (Å²) in [5.74, 6) is 0. The summed E-state index contributed by atoms with van der Waals surface area (Å²) in [4.78, 5) is 0. The van der Waals surface area contributed by atoms with Gasteiger partial charge < -0.3 is 12.4 Å². The van der Waals surface area contributed by atoms with Crippen LogP contribution in [0.5, 0.6) is 0 Å². The second-order valence-corrected chi connectivity index (χ2v) is 0. The molecular formula is H4BCeClNa2. The van der Waals surface area contributed by atoms with Crippen LogP contribution >= 0.6 is 0 Å². The molecule has 20 valence electrons. The van der Waals surface area contributed by atoms with E-state index in [1.165, 1.54) is 0 Å². The van der Waals surface area contributed by atoms with Crippen LogP contribution in [0.4, 0.5) is 0 Å². The summed E-state index contributed by atoms with van der Waals surface area (Å²) < 4.78 is 0. The molecule has 5 heavy (non-hydrogen) atoms. The zero-order chi connectivity index (χ0) is 0. The van der Waals surface area contributed by atoms with Gasteiger partial charge in [0.05, 0.1) is 0 Å². The molecular weight excluding hydrogens is 232 g/mol. The minimum absolute atomic E-state index is 0. The van der Waals surface area contributed by atoms with E-state index in [0.717, 1.165) is 0 Å². The standard InChI is InChI=1S/BH4.Ce.ClH.2Na/h1H4;;1H;;/q-1;;;2*+1/p-1. The van der Waals surface area contributed by atoms with E-state index in [-0.39, 0.29) is 122 Å². The van der Waals surface area contributed by atoms with E-state index in [1.807, 2.05) is 0 Å². The first-order valence-electron chi connectivity index (χ1n) is 0. The topological polar surface area (TPSA) is 0 Å². The zero-order valence-corrected chi connectivity index (χ0v) is 10.8. The van der Waals surface area contributed by atoms with Crippen LogP contribution in [0.25, 0.3) is 0 Å². The molecule has 0 aromatic rings. The molecule has 0 nitrogen and oxygen atoms in total. The normalized spacial score (nSPS) is 0. The fourth-order valence-electron chi connectivity index (χ4n) is 0. The Balaban J connectivity index is 0. The Morgan fingerprint density at radius 1 is 0.800 bits per heavy atom. The first-order valence-corrected chi connectivity index (χ1v) is 0. The molecule has 0 unspecified atom stereocenters. The Bertz CT molecular complexity index is 9.61. The van der Waals surface area contributed by atoms with E-state index in [9.17, 15) is 0 Å². The van der Waals surface area contributed by atoms with Gasteiger partial charge >= 0.3 is 59.1 Å². The van der Waals surface area contributed by atoms with Crippen LogP contribution < -0.4 is 71.5 Å². The molecule has 0 amide bonds. The molecule has 0 N–H and O–H groups in total. The summed E-state index contributed by atoms with van der Waals surface area (Å²) in [6.45, 7) is 0. The van der Waals surface area contributed by atoms with Crippen LogP contribution in [0.2, 0.25) is 0 Å². The monoisotopic (exact) mass is 236 g/mol. The van der Waals surface area contributed by atoms with E-state index in [4.69, 9.17) is 0 Å². The van der Waals surface area contributed by atoms with Crippen LogP contribution in [-0.2, 0) is 0 Å². The van der Waals surface area contributed by atoms with Gasteiger partial charge in [-0.3, -0.25) is 0 Å². The summed E-state index contributed by atoms with van der Waals surface area (Å²) in [5.41, 5.74) is 0. The molecule has 0 radical (unpaired) electrons. The fraction of sp³-hybridized carbons (Fsp3) is 0. The molecule has 0 spiro atoms. The summed E-state index contributed by atoms with van der Waals surface area (Å²) in [6, 6.07) is 0. The van der Waals surface area contributed by atoms with Crippen molar-refractivity contribution in [1.29, 1.82) is 0 Å². The van der Waals surface area contributed by atoms with Gasteiger partial charge in [0.15, 0.2) is 0 Å². The third kappa shape index (κ3) is 18.2. The summed E-state index contributed by atoms with van der Waals surface area (Å²) in [6.07, 6.45) is 0. The van der Waals surface area contributed by atoms with Crippen LogP contribution in [0.3, 0.4) is 0 Å². The largest absolute Gasteiger partial charge is 1.00 e. The molecule has 0 heterocycles. The van der Waals surface area contributed by atoms with Gasteiger partial charge in [0.25, 0.3) is 0 Å². The zero-order valence-electron chi connectivity index (χ0n) is 2.88. The van der Waals surface area contributed by atoms with Crippen molar-refractivity contribution < 1.29 is 113 Å². The number of rotatable bonds is 0. The van der Waals surface area contributed by atoms with Gasteiger partial charge in [-0.1, -0.05) is 8.41 Å². The SMILES string of the molecule is [BH4-].[Ce].[Cl-].[Na+].[Na+]. The van der Waals surface area contributed by atoms with Crippen molar-refractivity contribution in [2.24, 2.45) is 0 Å². The Labute approximate surface area is 119 Å². The van der Waals surface area contributed by atoms with Crippen molar-refractivity contribution in [3.8, 4) is 0 Å². The predicted octanol–water partition coefficient (Wildman–Crippen LogP) is -10.4. The van der Waals surface area contributed by atoms with E-state index in [1.54, 1.807) is 0 Å². The Morgan fingerprint density at radius 3 is 0.800 bits per heavy atom. The van der Waals surface area contributed by atoms with E-state index >= 15 is 0 Å². The van der Waals surface area contributed by atoms with Gasteiger partial charge in [-0.15, -0.1) is 0 Å². The van der Waals surface area contributed by atoms with Gasteiger partial charge in [0.1, 0.15) is 0 Å². The molecule has 0 bridgehead atoms.